The molecule has 1 fully saturated rings. The number of hydrogen-bond acceptors (Lipinski definition) is 2. The highest BCUT2D eigenvalue weighted by atomic mass is 15.2. The molecule has 2 heteroatoms. The lowest BCUT2D eigenvalue weighted by molar-refractivity contribution is 0.0986. The predicted molar refractivity (Wildman–Crippen MR) is 74.2 cm³/mol. The molecule has 1 atom stereocenters. The lowest BCUT2D eigenvalue weighted by Gasteiger charge is -2.41. The summed E-state index contributed by atoms with van der Waals surface area (Å²) in [5.41, 5.74) is 8.32. The van der Waals surface area contributed by atoms with Crippen LogP contribution in [0.3, 0.4) is 0 Å². The van der Waals surface area contributed by atoms with Crippen LogP contribution in [0.15, 0.2) is 24.3 Å². The smallest absolute Gasteiger partial charge is 0.0314 e. The van der Waals surface area contributed by atoms with Crippen molar-refractivity contribution in [3.63, 3.8) is 0 Å². The largest absolute Gasteiger partial charge is 0.399 e. The fourth-order valence-corrected chi connectivity index (χ4v) is 2.63. The summed E-state index contributed by atoms with van der Waals surface area (Å²) in [6.07, 6.45) is 2.60. The highest BCUT2D eigenvalue weighted by Gasteiger charge is 2.28. The number of benzene rings is 1. The van der Waals surface area contributed by atoms with E-state index in [-0.39, 0.29) is 5.54 Å². The molecule has 0 aromatic heterocycles. The zero-order valence-corrected chi connectivity index (χ0v) is 11.2. The summed E-state index contributed by atoms with van der Waals surface area (Å²) in [6.45, 7) is 9.32. The summed E-state index contributed by atoms with van der Waals surface area (Å²) < 4.78 is 0. The molecule has 0 aliphatic carbocycles. The Hall–Kier alpha value is -1.02. The van der Waals surface area contributed by atoms with Gasteiger partial charge in [0.15, 0.2) is 0 Å². The van der Waals surface area contributed by atoms with Gasteiger partial charge in [0.1, 0.15) is 0 Å². The van der Waals surface area contributed by atoms with Gasteiger partial charge in [0.05, 0.1) is 0 Å². The van der Waals surface area contributed by atoms with E-state index in [0.717, 1.165) is 5.69 Å². The van der Waals surface area contributed by atoms with Crippen LogP contribution in [0.1, 0.15) is 45.1 Å². The van der Waals surface area contributed by atoms with Gasteiger partial charge in [-0.15, -0.1) is 0 Å². The van der Waals surface area contributed by atoms with Crippen LogP contribution < -0.4 is 5.73 Å². The third-order valence-corrected chi connectivity index (χ3v) is 3.78. The van der Waals surface area contributed by atoms with Crippen molar-refractivity contribution in [2.75, 3.05) is 18.8 Å². The number of likely N-dealkylation sites (tertiary alicyclic amines) is 1. The normalized spacial score (nSPS) is 22.6. The summed E-state index contributed by atoms with van der Waals surface area (Å²) in [5, 5.41) is 0. The van der Waals surface area contributed by atoms with Crippen LogP contribution in [0.5, 0.6) is 0 Å². The van der Waals surface area contributed by atoms with Crippen molar-refractivity contribution in [2.24, 2.45) is 0 Å². The van der Waals surface area contributed by atoms with E-state index >= 15 is 0 Å². The molecule has 1 aliphatic heterocycles. The van der Waals surface area contributed by atoms with Gasteiger partial charge in [0, 0.05) is 17.8 Å². The quantitative estimate of drug-likeness (QED) is 0.753. The first-order valence-corrected chi connectivity index (χ1v) is 6.57. The molecule has 1 aromatic carbocycles. The number of piperidine rings is 1. The van der Waals surface area contributed by atoms with Gasteiger partial charge in [-0.05, 0) is 63.8 Å². The Balaban J connectivity index is 2.09. The molecular weight excluding hydrogens is 208 g/mol. The second-order valence-corrected chi connectivity index (χ2v) is 6.12. The molecule has 1 saturated heterocycles. The minimum absolute atomic E-state index is 0.284. The number of nitrogen functional groups attached to an aromatic ring is 1. The molecule has 0 radical (unpaired) electrons. The fourth-order valence-electron chi connectivity index (χ4n) is 2.63. The van der Waals surface area contributed by atoms with Gasteiger partial charge in [-0.3, -0.25) is 4.90 Å². The Morgan fingerprint density at radius 2 is 1.82 bits per heavy atom. The van der Waals surface area contributed by atoms with Gasteiger partial charge in [-0.1, -0.05) is 12.1 Å². The van der Waals surface area contributed by atoms with Crippen molar-refractivity contribution >= 4 is 5.69 Å². The maximum absolute atomic E-state index is 5.74. The van der Waals surface area contributed by atoms with Crippen molar-refractivity contribution in [1.29, 1.82) is 0 Å². The van der Waals surface area contributed by atoms with E-state index in [1.165, 1.54) is 31.5 Å². The van der Waals surface area contributed by atoms with E-state index in [1.54, 1.807) is 0 Å². The Kier molecular flexibility index (Phi) is 3.43. The van der Waals surface area contributed by atoms with Crippen molar-refractivity contribution in [3.05, 3.63) is 29.8 Å². The second-order valence-electron chi connectivity index (χ2n) is 6.12. The number of rotatable bonds is 1. The lowest BCUT2D eigenvalue weighted by Crippen LogP contribution is -2.46. The Bertz CT molecular complexity index is 362. The van der Waals surface area contributed by atoms with E-state index in [9.17, 15) is 0 Å². The fraction of sp³-hybridized carbons (Fsp3) is 0.600. The molecule has 94 valence electrons. The molecule has 0 spiro atoms. The van der Waals surface area contributed by atoms with E-state index in [4.69, 9.17) is 5.73 Å². The summed E-state index contributed by atoms with van der Waals surface area (Å²) in [5.74, 6) is 0.670. The SMILES string of the molecule is CC(C)(C)N1CCC[C@@H](c2ccc(N)cc2)C1. The van der Waals surface area contributed by atoms with Gasteiger partial charge in [0.2, 0.25) is 0 Å². The van der Waals surface area contributed by atoms with Gasteiger partial charge in [-0.2, -0.15) is 0 Å². The van der Waals surface area contributed by atoms with Gasteiger partial charge >= 0.3 is 0 Å². The molecule has 0 unspecified atom stereocenters. The van der Waals surface area contributed by atoms with E-state index in [0.29, 0.717) is 5.92 Å². The van der Waals surface area contributed by atoms with Crippen LogP contribution in [-0.4, -0.2) is 23.5 Å². The van der Waals surface area contributed by atoms with Crippen LogP contribution in [0.25, 0.3) is 0 Å². The second kappa shape index (κ2) is 4.69. The molecule has 0 bridgehead atoms. The molecule has 1 heterocycles. The van der Waals surface area contributed by atoms with Crippen molar-refractivity contribution < 1.29 is 0 Å². The van der Waals surface area contributed by atoms with Crippen LogP contribution in [-0.2, 0) is 0 Å². The zero-order chi connectivity index (χ0) is 12.5. The molecule has 17 heavy (non-hydrogen) atoms. The first kappa shape index (κ1) is 12.4. The third kappa shape index (κ3) is 3.01. The van der Waals surface area contributed by atoms with Crippen molar-refractivity contribution in [3.8, 4) is 0 Å². The maximum atomic E-state index is 5.74. The summed E-state index contributed by atoms with van der Waals surface area (Å²) in [7, 11) is 0. The number of nitrogens with two attached hydrogens (primary N) is 1. The summed E-state index contributed by atoms with van der Waals surface area (Å²) >= 11 is 0. The highest BCUT2D eigenvalue weighted by molar-refractivity contribution is 5.40. The number of anilines is 1. The Labute approximate surface area is 105 Å². The molecule has 1 aromatic rings. The minimum atomic E-state index is 0.284. The van der Waals surface area contributed by atoms with Crippen molar-refractivity contribution in [1.82, 2.24) is 4.90 Å². The van der Waals surface area contributed by atoms with Crippen LogP contribution in [0.2, 0.25) is 0 Å². The Morgan fingerprint density at radius 1 is 1.18 bits per heavy atom. The molecule has 0 saturated carbocycles. The van der Waals surface area contributed by atoms with Gasteiger partial charge < -0.3 is 5.73 Å². The van der Waals surface area contributed by atoms with E-state index < -0.39 is 0 Å². The first-order valence-electron chi connectivity index (χ1n) is 6.57. The molecule has 0 amide bonds. The van der Waals surface area contributed by atoms with Gasteiger partial charge in [-0.25, -0.2) is 0 Å². The standard InChI is InChI=1S/C15H24N2/c1-15(2,3)17-10-4-5-13(11-17)12-6-8-14(16)9-7-12/h6-9,13H,4-5,10-11,16H2,1-3H3/t13-/m1/s1. The molecule has 2 N–H and O–H groups in total. The predicted octanol–water partition coefficient (Wildman–Crippen LogP) is 3.25. The monoisotopic (exact) mass is 232 g/mol. The molecule has 2 rings (SSSR count). The molecule has 2 nitrogen and oxygen atoms in total. The lowest BCUT2D eigenvalue weighted by atomic mass is 9.88. The third-order valence-electron chi connectivity index (χ3n) is 3.78. The Morgan fingerprint density at radius 3 is 2.41 bits per heavy atom. The van der Waals surface area contributed by atoms with Crippen molar-refractivity contribution in [2.45, 2.75) is 45.1 Å². The van der Waals surface area contributed by atoms with Crippen LogP contribution in [0, 0.1) is 0 Å². The van der Waals surface area contributed by atoms with Crippen LogP contribution >= 0.6 is 0 Å². The molecular formula is C15H24N2. The van der Waals surface area contributed by atoms with E-state index in [2.05, 4.69) is 37.8 Å². The topological polar surface area (TPSA) is 29.3 Å². The van der Waals surface area contributed by atoms with E-state index in [1.807, 2.05) is 12.1 Å². The zero-order valence-electron chi connectivity index (χ0n) is 11.2. The van der Waals surface area contributed by atoms with Crippen LogP contribution in [0.4, 0.5) is 5.69 Å². The summed E-state index contributed by atoms with van der Waals surface area (Å²) in [4.78, 5) is 2.59. The first-order chi connectivity index (χ1) is 7.97. The average molecular weight is 232 g/mol. The van der Waals surface area contributed by atoms with Gasteiger partial charge in [0.25, 0.3) is 0 Å². The summed E-state index contributed by atoms with van der Waals surface area (Å²) in [6, 6.07) is 8.41. The molecule has 1 aliphatic rings. The number of nitrogens with zero attached hydrogens (tertiary/aromatic N) is 1. The highest BCUT2D eigenvalue weighted by Crippen LogP contribution is 2.30. The average Bonchev–Trinajstić information content (AvgIpc) is 2.29. The number of hydrogen-bond donors (Lipinski definition) is 1. The minimum Gasteiger partial charge on any atom is -0.399 e. The maximum Gasteiger partial charge on any atom is 0.0314 e.